The maximum atomic E-state index is 12.1. The third kappa shape index (κ3) is 2.93. The summed E-state index contributed by atoms with van der Waals surface area (Å²) in [6, 6.07) is 3.80. The Bertz CT molecular complexity index is 405. The number of aromatic nitrogens is 1. The van der Waals surface area contributed by atoms with E-state index in [1.807, 2.05) is 29.8 Å². The second kappa shape index (κ2) is 5.57. The van der Waals surface area contributed by atoms with Crippen molar-refractivity contribution in [1.82, 2.24) is 15.2 Å². The molecular weight excluding hydrogens is 226 g/mol. The van der Waals surface area contributed by atoms with Crippen molar-refractivity contribution in [3.05, 3.63) is 24.0 Å². The topological polar surface area (TPSA) is 46.1 Å². The zero-order valence-electron chi connectivity index (χ0n) is 11.3. The Balaban J connectivity index is 1.92. The van der Waals surface area contributed by atoms with Gasteiger partial charge in [-0.25, -0.2) is 0 Å². The molecule has 0 unspecified atom stereocenters. The van der Waals surface area contributed by atoms with E-state index < -0.39 is 0 Å². The van der Waals surface area contributed by atoms with Crippen LogP contribution in [0, 0.1) is 5.41 Å². The van der Waals surface area contributed by atoms with Gasteiger partial charge < -0.3 is 15.2 Å². The number of carbonyl (C=O) groups excluding carboxylic acids is 1. The number of hydrogen-bond donors (Lipinski definition) is 2. The van der Waals surface area contributed by atoms with Crippen molar-refractivity contribution in [3.8, 4) is 0 Å². The number of nitrogens with zero attached hydrogens (tertiary/aromatic N) is 1. The Morgan fingerprint density at radius 2 is 2.22 bits per heavy atom. The van der Waals surface area contributed by atoms with Crippen LogP contribution < -0.4 is 10.6 Å². The normalized spacial score (nSPS) is 18.6. The van der Waals surface area contributed by atoms with Crippen LogP contribution in [0.2, 0.25) is 0 Å². The molecule has 1 amide bonds. The maximum Gasteiger partial charge on any atom is 0.267 e. The van der Waals surface area contributed by atoms with Gasteiger partial charge in [0.15, 0.2) is 0 Å². The number of hydrogen-bond acceptors (Lipinski definition) is 2. The van der Waals surface area contributed by atoms with Crippen LogP contribution in [-0.4, -0.2) is 30.1 Å². The third-order valence-electron chi connectivity index (χ3n) is 3.89. The van der Waals surface area contributed by atoms with Crippen molar-refractivity contribution in [2.75, 3.05) is 19.6 Å². The minimum atomic E-state index is 0.0432. The van der Waals surface area contributed by atoms with E-state index in [1.165, 1.54) is 0 Å². The lowest BCUT2D eigenvalue weighted by Gasteiger charge is -2.34. The first kappa shape index (κ1) is 13.1. The SMILES string of the molecule is CCn1cccc1C(=O)NCC1(C)CCNCC1. The van der Waals surface area contributed by atoms with Gasteiger partial charge in [-0.1, -0.05) is 6.92 Å². The first-order valence-electron chi connectivity index (χ1n) is 6.79. The molecule has 1 aromatic rings. The summed E-state index contributed by atoms with van der Waals surface area (Å²) in [5, 5.41) is 6.44. The zero-order chi connectivity index (χ0) is 13.0. The minimum Gasteiger partial charge on any atom is -0.350 e. The van der Waals surface area contributed by atoms with Crippen LogP contribution in [0.1, 0.15) is 37.2 Å². The molecule has 2 rings (SSSR count). The quantitative estimate of drug-likeness (QED) is 0.852. The molecular formula is C14H23N3O. The van der Waals surface area contributed by atoms with Gasteiger partial charge in [0.1, 0.15) is 5.69 Å². The van der Waals surface area contributed by atoms with Gasteiger partial charge in [-0.15, -0.1) is 0 Å². The van der Waals surface area contributed by atoms with Crippen molar-refractivity contribution in [3.63, 3.8) is 0 Å². The molecule has 2 heterocycles. The number of piperidine rings is 1. The highest BCUT2D eigenvalue weighted by molar-refractivity contribution is 5.92. The summed E-state index contributed by atoms with van der Waals surface area (Å²) in [5.41, 5.74) is 1.000. The van der Waals surface area contributed by atoms with Gasteiger partial charge in [-0.2, -0.15) is 0 Å². The van der Waals surface area contributed by atoms with Crippen molar-refractivity contribution >= 4 is 5.91 Å². The van der Waals surface area contributed by atoms with E-state index in [4.69, 9.17) is 0 Å². The van der Waals surface area contributed by atoms with Crippen LogP contribution in [0.15, 0.2) is 18.3 Å². The van der Waals surface area contributed by atoms with E-state index in [1.54, 1.807) is 0 Å². The van der Waals surface area contributed by atoms with Gasteiger partial charge in [-0.3, -0.25) is 4.79 Å². The molecule has 4 heteroatoms. The van der Waals surface area contributed by atoms with Gasteiger partial charge in [0.05, 0.1) is 0 Å². The number of aryl methyl sites for hydroxylation is 1. The predicted octanol–water partition coefficient (Wildman–Crippen LogP) is 1.63. The zero-order valence-corrected chi connectivity index (χ0v) is 11.3. The first-order chi connectivity index (χ1) is 8.64. The summed E-state index contributed by atoms with van der Waals surface area (Å²) in [5.74, 6) is 0.0432. The number of rotatable bonds is 4. The lowest BCUT2D eigenvalue weighted by molar-refractivity contribution is 0.0913. The van der Waals surface area contributed by atoms with Gasteiger partial charge in [0, 0.05) is 19.3 Å². The Kier molecular flexibility index (Phi) is 4.07. The van der Waals surface area contributed by atoms with Crippen molar-refractivity contribution in [2.24, 2.45) is 5.41 Å². The van der Waals surface area contributed by atoms with Crippen LogP contribution in [0.4, 0.5) is 0 Å². The van der Waals surface area contributed by atoms with Crippen molar-refractivity contribution < 1.29 is 4.79 Å². The molecule has 0 bridgehead atoms. The Morgan fingerprint density at radius 3 is 2.89 bits per heavy atom. The standard InChI is InChI=1S/C14H23N3O/c1-3-17-10-4-5-12(17)13(18)16-11-14(2)6-8-15-9-7-14/h4-5,10,15H,3,6-9,11H2,1-2H3,(H,16,18). The summed E-state index contributed by atoms with van der Waals surface area (Å²) in [6.07, 6.45) is 4.20. The Labute approximate surface area is 109 Å². The molecule has 1 aromatic heterocycles. The molecule has 1 saturated heterocycles. The monoisotopic (exact) mass is 249 g/mol. The highest BCUT2D eigenvalue weighted by atomic mass is 16.1. The number of carbonyl (C=O) groups is 1. The smallest absolute Gasteiger partial charge is 0.267 e. The van der Waals surface area contributed by atoms with Crippen molar-refractivity contribution in [2.45, 2.75) is 33.2 Å². The number of amides is 1. The summed E-state index contributed by atoms with van der Waals surface area (Å²) in [6.45, 7) is 8.01. The Hall–Kier alpha value is -1.29. The molecule has 0 spiro atoms. The molecule has 100 valence electrons. The molecule has 0 aromatic carbocycles. The second-order valence-electron chi connectivity index (χ2n) is 5.42. The molecule has 1 fully saturated rings. The second-order valence-corrected chi connectivity index (χ2v) is 5.42. The fourth-order valence-corrected chi connectivity index (χ4v) is 2.49. The highest BCUT2D eigenvalue weighted by Crippen LogP contribution is 2.26. The van der Waals surface area contributed by atoms with Crippen LogP contribution >= 0.6 is 0 Å². The fourth-order valence-electron chi connectivity index (χ4n) is 2.49. The average molecular weight is 249 g/mol. The molecule has 1 aliphatic heterocycles. The molecule has 0 aliphatic carbocycles. The molecule has 0 atom stereocenters. The van der Waals surface area contributed by atoms with Gasteiger partial charge in [-0.05, 0) is 50.4 Å². The average Bonchev–Trinajstić information content (AvgIpc) is 2.85. The summed E-state index contributed by atoms with van der Waals surface area (Å²) in [7, 11) is 0. The van der Waals surface area contributed by atoms with Gasteiger partial charge in [0.25, 0.3) is 5.91 Å². The number of nitrogens with one attached hydrogen (secondary N) is 2. The molecule has 4 nitrogen and oxygen atoms in total. The van der Waals surface area contributed by atoms with E-state index in [0.717, 1.165) is 44.7 Å². The Morgan fingerprint density at radius 1 is 1.50 bits per heavy atom. The third-order valence-corrected chi connectivity index (χ3v) is 3.89. The lowest BCUT2D eigenvalue weighted by atomic mass is 9.81. The van der Waals surface area contributed by atoms with Crippen LogP contribution in [0.25, 0.3) is 0 Å². The molecule has 1 aliphatic rings. The maximum absolute atomic E-state index is 12.1. The van der Waals surface area contributed by atoms with Crippen LogP contribution in [0.3, 0.4) is 0 Å². The van der Waals surface area contributed by atoms with Crippen molar-refractivity contribution in [1.29, 1.82) is 0 Å². The van der Waals surface area contributed by atoms with E-state index in [9.17, 15) is 4.79 Å². The lowest BCUT2D eigenvalue weighted by Crippen LogP contribution is -2.43. The van der Waals surface area contributed by atoms with E-state index in [0.29, 0.717) is 0 Å². The summed E-state index contributed by atoms with van der Waals surface area (Å²) >= 11 is 0. The van der Waals surface area contributed by atoms with E-state index in [2.05, 4.69) is 17.6 Å². The first-order valence-corrected chi connectivity index (χ1v) is 6.79. The minimum absolute atomic E-state index is 0.0432. The molecule has 0 saturated carbocycles. The molecule has 18 heavy (non-hydrogen) atoms. The summed E-state index contributed by atoms with van der Waals surface area (Å²) in [4.78, 5) is 12.1. The van der Waals surface area contributed by atoms with E-state index >= 15 is 0 Å². The van der Waals surface area contributed by atoms with E-state index in [-0.39, 0.29) is 11.3 Å². The van der Waals surface area contributed by atoms with Gasteiger partial charge >= 0.3 is 0 Å². The molecule has 2 N–H and O–H groups in total. The van der Waals surface area contributed by atoms with Crippen LogP contribution in [0.5, 0.6) is 0 Å². The highest BCUT2D eigenvalue weighted by Gasteiger charge is 2.27. The van der Waals surface area contributed by atoms with Crippen LogP contribution in [-0.2, 0) is 6.54 Å². The summed E-state index contributed by atoms with van der Waals surface area (Å²) < 4.78 is 1.97. The molecule has 0 radical (unpaired) electrons. The fraction of sp³-hybridized carbons (Fsp3) is 0.643. The largest absolute Gasteiger partial charge is 0.350 e. The predicted molar refractivity (Wildman–Crippen MR) is 72.6 cm³/mol. The van der Waals surface area contributed by atoms with Gasteiger partial charge in [0.2, 0.25) is 0 Å².